The Labute approximate surface area is 123 Å². The first-order valence-electron chi connectivity index (χ1n) is 6.55. The van der Waals surface area contributed by atoms with Crippen LogP contribution in [-0.2, 0) is 4.79 Å². The average molecular weight is 295 g/mol. The molecule has 0 aromatic heterocycles. The molecule has 0 saturated carbocycles. The van der Waals surface area contributed by atoms with E-state index in [1.165, 1.54) is 19.2 Å². The molecule has 1 aromatic rings. The van der Waals surface area contributed by atoms with Crippen molar-refractivity contribution in [3.8, 4) is 11.5 Å². The number of carboxylic acid groups (broad SMARTS) is 1. The molecule has 1 rings (SSSR count). The molecule has 0 saturated heterocycles. The summed E-state index contributed by atoms with van der Waals surface area (Å²) in [5.74, 6) is -1.61. The summed E-state index contributed by atoms with van der Waals surface area (Å²) < 4.78 is 4.95. The molecule has 1 atom stereocenters. The lowest BCUT2D eigenvalue weighted by Gasteiger charge is -2.30. The summed E-state index contributed by atoms with van der Waals surface area (Å²) in [5.41, 5.74) is -0.378. The maximum atomic E-state index is 12.3. The van der Waals surface area contributed by atoms with Crippen LogP contribution in [0.1, 0.15) is 37.6 Å². The van der Waals surface area contributed by atoms with Gasteiger partial charge in [0, 0.05) is 6.04 Å². The lowest BCUT2D eigenvalue weighted by molar-refractivity contribution is -0.138. The van der Waals surface area contributed by atoms with E-state index in [-0.39, 0.29) is 23.5 Å². The van der Waals surface area contributed by atoms with Crippen molar-refractivity contribution in [1.29, 1.82) is 0 Å². The number of carboxylic acids is 1. The van der Waals surface area contributed by atoms with Gasteiger partial charge in [-0.25, -0.2) is 0 Å². The average Bonchev–Trinajstić information content (AvgIpc) is 2.36. The summed E-state index contributed by atoms with van der Waals surface area (Å²) in [7, 11) is 1.39. The second kappa shape index (κ2) is 6.47. The molecule has 0 aliphatic rings. The van der Waals surface area contributed by atoms with Gasteiger partial charge in [-0.2, -0.15) is 0 Å². The van der Waals surface area contributed by atoms with Gasteiger partial charge in [-0.3, -0.25) is 9.59 Å². The standard InChI is InChI=1S/C15H21NO5/c1-15(2,3)11(8-12(17)18)16-14(20)9-6-5-7-10(21-4)13(9)19/h5-7,11,19H,8H2,1-4H3,(H,16,20)(H,17,18). The zero-order valence-electron chi connectivity index (χ0n) is 12.6. The molecule has 0 aliphatic heterocycles. The van der Waals surface area contributed by atoms with Crippen molar-refractivity contribution in [2.45, 2.75) is 33.2 Å². The first-order chi connectivity index (χ1) is 9.66. The number of phenols is 1. The normalized spacial score (nSPS) is 12.6. The van der Waals surface area contributed by atoms with Crippen molar-refractivity contribution < 1.29 is 24.5 Å². The van der Waals surface area contributed by atoms with E-state index in [0.717, 1.165) is 0 Å². The quantitative estimate of drug-likeness (QED) is 0.772. The summed E-state index contributed by atoms with van der Waals surface area (Å²) >= 11 is 0. The second-order valence-corrected chi connectivity index (χ2v) is 5.85. The lowest BCUT2D eigenvalue weighted by Crippen LogP contribution is -2.45. The fraction of sp³-hybridized carbons (Fsp3) is 0.467. The number of para-hydroxylation sites is 1. The van der Waals surface area contributed by atoms with Crippen molar-refractivity contribution >= 4 is 11.9 Å². The molecule has 1 unspecified atom stereocenters. The molecule has 0 heterocycles. The molecule has 6 nitrogen and oxygen atoms in total. The molecule has 0 spiro atoms. The Morgan fingerprint density at radius 1 is 1.33 bits per heavy atom. The van der Waals surface area contributed by atoms with E-state index in [1.807, 2.05) is 20.8 Å². The second-order valence-electron chi connectivity index (χ2n) is 5.85. The fourth-order valence-electron chi connectivity index (χ4n) is 1.85. The topological polar surface area (TPSA) is 95.9 Å². The number of benzene rings is 1. The van der Waals surface area contributed by atoms with Crippen molar-refractivity contribution in [2.24, 2.45) is 5.41 Å². The van der Waals surface area contributed by atoms with Gasteiger partial charge in [0.2, 0.25) is 0 Å². The molecule has 0 fully saturated rings. The van der Waals surface area contributed by atoms with E-state index >= 15 is 0 Å². The zero-order valence-corrected chi connectivity index (χ0v) is 12.6. The number of rotatable bonds is 5. The van der Waals surface area contributed by atoms with Gasteiger partial charge in [-0.1, -0.05) is 26.8 Å². The number of nitrogens with one attached hydrogen (secondary N) is 1. The van der Waals surface area contributed by atoms with Crippen LogP contribution in [0.15, 0.2) is 18.2 Å². The third-order valence-electron chi connectivity index (χ3n) is 3.19. The van der Waals surface area contributed by atoms with E-state index in [2.05, 4.69) is 5.32 Å². The molecular weight excluding hydrogens is 274 g/mol. The molecular formula is C15H21NO5. The number of carbonyl (C=O) groups is 2. The van der Waals surface area contributed by atoms with E-state index < -0.39 is 23.3 Å². The predicted molar refractivity (Wildman–Crippen MR) is 77.6 cm³/mol. The first kappa shape index (κ1) is 16.8. The smallest absolute Gasteiger partial charge is 0.305 e. The minimum absolute atomic E-state index is 0.0500. The van der Waals surface area contributed by atoms with Crippen LogP contribution in [0.3, 0.4) is 0 Å². The first-order valence-corrected chi connectivity index (χ1v) is 6.55. The summed E-state index contributed by atoms with van der Waals surface area (Å²) in [6, 6.07) is 4.00. The van der Waals surface area contributed by atoms with Crippen LogP contribution in [0.4, 0.5) is 0 Å². The molecule has 1 amide bonds. The number of aromatic hydroxyl groups is 1. The fourth-order valence-corrected chi connectivity index (χ4v) is 1.85. The van der Waals surface area contributed by atoms with Crippen molar-refractivity contribution in [1.82, 2.24) is 5.32 Å². The largest absolute Gasteiger partial charge is 0.504 e. The van der Waals surface area contributed by atoms with E-state index in [1.54, 1.807) is 6.07 Å². The molecule has 0 aliphatic carbocycles. The van der Waals surface area contributed by atoms with E-state index in [9.17, 15) is 14.7 Å². The van der Waals surface area contributed by atoms with Crippen LogP contribution in [-0.4, -0.2) is 35.2 Å². The van der Waals surface area contributed by atoms with Crippen molar-refractivity contribution in [3.05, 3.63) is 23.8 Å². The Bertz CT molecular complexity index is 533. The SMILES string of the molecule is COc1cccc(C(=O)NC(CC(=O)O)C(C)(C)C)c1O. The number of amides is 1. The van der Waals surface area contributed by atoms with E-state index in [4.69, 9.17) is 9.84 Å². The maximum absolute atomic E-state index is 12.3. The van der Waals surface area contributed by atoms with Crippen LogP contribution in [0, 0.1) is 5.41 Å². The molecule has 6 heteroatoms. The van der Waals surface area contributed by atoms with Crippen LogP contribution in [0.2, 0.25) is 0 Å². The number of methoxy groups -OCH3 is 1. The highest BCUT2D eigenvalue weighted by molar-refractivity contribution is 5.98. The maximum Gasteiger partial charge on any atom is 0.305 e. The number of hydrogen-bond donors (Lipinski definition) is 3. The highest BCUT2D eigenvalue weighted by atomic mass is 16.5. The van der Waals surface area contributed by atoms with Gasteiger partial charge in [0.05, 0.1) is 19.1 Å². The Hall–Kier alpha value is -2.24. The summed E-state index contributed by atoms with van der Waals surface area (Å²) in [4.78, 5) is 23.2. The summed E-state index contributed by atoms with van der Waals surface area (Å²) in [6.45, 7) is 5.52. The van der Waals surface area contributed by atoms with Gasteiger partial charge in [-0.15, -0.1) is 0 Å². The third-order valence-corrected chi connectivity index (χ3v) is 3.19. The summed E-state index contributed by atoms with van der Waals surface area (Å²) in [6.07, 6.45) is -0.194. The highest BCUT2D eigenvalue weighted by Gasteiger charge is 2.29. The van der Waals surface area contributed by atoms with Gasteiger partial charge >= 0.3 is 5.97 Å². The van der Waals surface area contributed by atoms with Crippen LogP contribution >= 0.6 is 0 Å². The lowest BCUT2D eigenvalue weighted by atomic mass is 9.84. The van der Waals surface area contributed by atoms with Crippen molar-refractivity contribution in [2.75, 3.05) is 7.11 Å². The van der Waals surface area contributed by atoms with Crippen LogP contribution in [0.5, 0.6) is 11.5 Å². The third kappa shape index (κ3) is 4.37. The zero-order chi connectivity index (χ0) is 16.2. The molecule has 21 heavy (non-hydrogen) atoms. The number of carbonyl (C=O) groups excluding carboxylic acids is 1. The van der Waals surface area contributed by atoms with Gasteiger partial charge < -0.3 is 20.3 Å². The number of phenolic OH excluding ortho intramolecular Hbond substituents is 1. The number of ether oxygens (including phenoxy) is 1. The summed E-state index contributed by atoms with van der Waals surface area (Å²) in [5, 5.41) is 21.6. The Morgan fingerprint density at radius 2 is 1.95 bits per heavy atom. The molecule has 1 aromatic carbocycles. The number of hydrogen-bond acceptors (Lipinski definition) is 4. The highest BCUT2D eigenvalue weighted by Crippen LogP contribution is 2.30. The minimum Gasteiger partial charge on any atom is -0.504 e. The van der Waals surface area contributed by atoms with Crippen molar-refractivity contribution in [3.63, 3.8) is 0 Å². The Balaban J connectivity index is 3.00. The Morgan fingerprint density at radius 3 is 2.43 bits per heavy atom. The molecule has 0 bridgehead atoms. The van der Waals surface area contributed by atoms with Gasteiger partial charge in [0.25, 0.3) is 5.91 Å². The molecule has 116 valence electrons. The Kier molecular flexibility index (Phi) is 5.18. The van der Waals surface area contributed by atoms with E-state index in [0.29, 0.717) is 0 Å². The molecule has 3 N–H and O–H groups in total. The monoisotopic (exact) mass is 295 g/mol. The predicted octanol–water partition coefficient (Wildman–Crippen LogP) is 2.02. The molecule has 0 radical (unpaired) electrons. The van der Waals surface area contributed by atoms with Crippen LogP contribution in [0.25, 0.3) is 0 Å². The van der Waals surface area contributed by atoms with Gasteiger partial charge in [0.1, 0.15) is 0 Å². The number of aliphatic carboxylic acids is 1. The minimum atomic E-state index is -0.995. The van der Waals surface area contributed by atoms with Gasteiger partial charge in [0.15, 0.2) is 11.5 Å². The van der Waals surface area contributed by atoms with Crippen LogP contribution < -0.4 is 10.1 Å². The van der Waals surface area contributed by atoms with Gasteiger partial charge in [-0.05, 0) is 17.5 Å².